The minimum absolute atomic E-state index is 0.00547. The molecule has 0 spiro atoms. The second kappa shape index (κ2) is 7.92. The van der Waals surface area contributed by atoms with E-state index in [2.05, 4.69) is 20.6 Å². The maximum atomic E-state index is 13.2. The van der Waals surface area contributed by atoms with Crippen LogP contribution in [0.3, 0.4) is 0 Å². The molecule has 0 aliphatic heterocycles. The Labute approximate surface area is 166 Å². The number of rotatable bonds is 5. The summed E-state index contributed by atoms with van der Waals surface area (Å²) in [6.45, 7) is 0. The van der Waals surface area contributed by atoms with Crippen molar-refractivity contribution in [2.24, 2.45) is 0 Å². The lowest BCUT2D eigenvalue weighted by atomic mass is 10.2. The number of anilines is 1. The number of amides is 1. The van der Waals surface area contributed by atoms with Crippen LogP contribution in [-0.4, -0.2) is 31.5 Å². The Bertz CT molecular complexity index is 1200. The second-order valence-corrected chi connectivity index (χ2v) is 6.93. The van der Waals surface area contributed by atoms with Crippen molar-refractivity contribution >= 4 is 29.0 Å². The van der Waals surface area contributed by atoms with Gasteiger partial charge >= 0.3 is 0 Å². The van der Waals surface area contributed by atoms with E-state index in [-0.39, 0.29) is 17.3 Å². The van der Waals surface area contributed by atoms with Gasteiger partial charge in [-0.05, 0) is 48.5 Å². The summed E-state index contributed by atoms with van der Waals surface area (Å²) in [5.41, 5.74) is 1.31. The van der Waals surface area contributed by atoms with Gasteiger partial charge in [-0.3, -0.25) is 4.79 Å². The first-order valence-electron chi connectivity index (χ1n) is 8.36. The lowest BCUT2D eigenvalue weighted by molar-refractivity contribution is -0.113. The molecule has 1 amide bonds. The zero-order valence-electron chi connectivity index (χ0n) is 14.6. The largest absolute Gasteiger partial charge is 0.325 e. The molecule has 0 fully saturated rings. The number of carbonyl (C=O) groups excluding carboxylic acids is 1. The third kappa shape index (κ3) is 4.21. The first-order valence-corrected chi connectivity index (χ1v) is 9.34. The number of nitrogens with one attached hydrogen (secondary N) is 1. The van der Waals surface area contributed by atoms with Gasteiger partial charge in [-0.15, -0.1) is 10.2 Å². The molecule has 2 aromatic carbocycles. The van der Waals surface area contributed by atoms with Crippen molar-refractivity contribution in [2.75, 3.05) is 11.1 Å². The van der Waals surface area contributed by atoms with Gasteiger partial charge in [0.25, 0.3) is 0 Å². The average molecular weight is 415 g/mol. The van der Waals surface area contributed by atoms with E-state index in [0.717, 1.165) is 23.9 Å². The van der Waals surface area contributed by atoms with E-state index in [4.69, 9.17) is 0 Å². The van der Waals surface area contributed by atoms with Gasteiger partial charge in [-0.25, -0.2) is 13.2 Å². The van der Waals surface area contributed by atoms with Crippen LogP contribution in [0.5, 0.6) is 0 Å². The maximum Gasteiger partial charge on any atom is 0.234 e. The number of hydrogen-bond acceptors (Lipinski definition) is 5. The molecule has 4 aromatic rings. The minimum atomic E-state index is -1.04. The highest BCUT2D eigenvalue weighted by Gasteiger charge is 2.12. The molecule has 6 nitrogen and oxygen atoms in total. The smallest absolute Gasteiger partial charge is 0.234 e. The summed E-state index contributed by atoms with van der Waals surface area (Å²) in [5, 5.41) is 15.5. The molecule has 29 heavy (non-hydrogen) atoms. The van der Waals surface area contributed by atoms with Gasteiger partial charge in [0.1, 0.15) is 10.8 Å². The molecule has 0 bridgehead atoms. The second-order valence-electron chi connectivity index (χ2n) is 5.94. The van der Waals surface area contributed by atoms with Crippen LogP contribution in [-0.2, 0) is 4.79 Å². The number of fused-ring (bicyclic) bond motifs is 1. The summed E-state index contributed by atoms with van der Waals surface area (Å²) in [6, 6.07) is 12.3. The van der Waals surface area contributed by atoms with Crippen molar-refractivity contribution < 1.29 is 18.0 Å². The Balaban J connectivity index is 1.48. The normalized spacial score (nSPS) is 11.0. The average Bonchev–Trinajstić information content (AvgIpc) is 3.13. The molecule has 2 aromatic heterocycles. The van der Waals surface area contributed by atoms with Crippen LogP contribution in [0.2, 0.25) is 0 Å². The lowest BCUT2D eigenvalue weighted by Gasteiger charge is -2.06. The highest BCUT2D eigenvalue weighted by molar-refractivity contribution is 7.99. The van der Waals surface area contributed by atoms with Crippen LogP contribution in [0.4, 0.5) is 18.9 Å². The van der Waals surface area contributed by atoms with Gasteiger partial charge in [0.2, 0.25) is 5.91 Å². The van der Waals surface area contributed by atoms with E-state index in [1.54, 1.807) is 24.3 Å². The number of nitrogens with zero attached hydrogens (tertiary/aromatic N) is 4. The van der Waals surface area contributed by atoms with Gasteiger partial charge in [0.05, 0.1) is 5.75 Å². The predicted molar refractivity (Wildman–Crippen MR) is 102 cm³/mol. The molecule has 1 N–H and O–H groups in total. The fraction of sp³-hybridized carbons (Fsp3) is 0.0526. The number of thioether (sulfide) groups is 1. The topological polar surface area (TPSA) is 72.2 Å². The van der Waals surface area contributed by atoms with Crippen LogP contribution < -0.4 is 5.32 Å². The maximum absolute atomic E-state index is 13.2. The Morgan fingerprint density at radius 1 is 0.966 bits per heavy atom. The van der Waals surface area contributed by atoms with Gasteiger partial charge in [0.15, 0.2) is 23.1 Å². The van der Waals surface area contributed by atoms with Crippen LogP contribution in [0.15, 0.2) is 59.6 Å². The van der Waals surface area contributed by atoms with E-state index in [1.807, 2.05) is 0 Å². The molecule has 2 heterocycles. The van der Waals surface area contributed by atoms with Crippen LogP contribution in [0.25, 0.3) is 17.0 Å². The Morgan fingerprint density at radius 3 is 2.52 bits per heavy atom. The first-order chi connectivity index (χ1) is 14.0. The van der Waals surface area contributed by atoms with Crippen molar-refractivity contribution in [2.45, 2.75) is 5.03 Å². The van der Waals surface area contributed by atoms with Crippen molar-refractivity contribution in [3.8, 4) is 11.4 Å². The zero-order valence-corrected chi connectivity index (χ0v) is 15.5. The molecule has 0 saturated carbocycles. The summed E-state index contributed by atoms with van der Waals surface area (Å²) < 4.78 is 40.8. The number of aromatic nitrogens is 4. The summed E-state index contributed by atoms with van der Waals surface area (Å²) in [7, 11) is 0. The Morgan fingerprint density at radius 2 is 1.76 bits per heavy atom. The Kier molecular flexibility index (Phi) is 5.17. The van der Waals surface area contributed by atoms with E-state index >= 15 is 0 Å². The van der Waals surface area contributed by atoms with E-state index in [1.165, 1.54) is 22.7 Å². The number of halogens is 3. The fourth-order valence-electron chi connectivity index (χ4n) is 2.54. The van der Waals surface area contributed by atoms with E-state index in [0.29, 0.717) is 22.1 Å². The third-order valence-electron chi connectivity index (χ3n) is 3.90. The predicted octanol–water partition coefficient (Wildman–Crippen LogP) is 3.94. The molecule has 10 heteroatoms. The molecule has 0 aliphatic carbocycles. The van der Waals surface area contributed by atoms with Gasteiger partial charge in [-0.1, -0.05) is 11.8 Å². The number of benzene rings is 2. The SMILES string of the molecule is O=C(CSc1ccc2nnc(-c3ccc(F)cc3)n2n1)Nc1ccc(F)c(F)c1. The number of hydrogen-bond donors (Lipinski definition) is 1. The molecular formula is C19H12F3N5OS. The van der Waals surface area contributed by atoms with E-state index in [9.17, 15) is 18.0 Å². The third-order valence-corrected chi connectivity index (χ3v) is 4.82. The van der Waals surface area contributed by atoms with Gasteiger partial charge in [0, 0.05) is 17.3 Å². The van der Waals surface area contributed by atoms with Crippen LogP contribution in [0, 0.1) is 17.5 Å². The molecule has 4 rings (SSSR count). The molecule has 0 unspecified atom stereocenters. The molecule has 0 aliphatic rings. The Hall–Kier alpha value is -3.40. The van der Waals surface area contributed by atoms with Crippen LogP contribution >= 0.6 is 11.8 Å². The summed E-state index contributed by atoms with van der Waals surface area (Å²) in [4.78, 5) is 12.1. The summed E-state index contributed by atoms with van der Waals surface area (Å²) in [6.07, 6.45) is 0. The highest BCUT2D eigenvalue weighted by Crippen LogP contribution is 2.21. The van der Waals surface area contributed by atoms with Gasteiger partial charge < -0.3 is 5.32 Å². The molecule has 146 valence electrons. The summed E-state index contributed by atoms with van der Waals surface area (Å²) in [5.74, 6) is -2.34. The standard InChI is InChI=1S/C19H12F3N5OS/c20-12-3-1-11(2-4-12)19-25-24-16-7-8-18(26-27(16)19)29-10-17(28)23-13-5-6-14(21)15(22)9-13/h1-9H,10H2,(H,23,28). The molecule has 0 radical (unpaired) electrons. The van der Waals surface area contributed by atoms with E-state index < -0.39 is 17.5 Å². The quantitative estimate of drug-likeness (QED) is 0.500. The van der Waals surface area contributed by atoms with Gasteiger partial charge in [-0.2, -0.15) is 9.61 Å². The van der Waals surface area contributed by atoms with Crippen LogP contribution in [0.1, 0.15) is 0 Å². The first kappa shape index (κ1) is 18.9. The zero-order chi connectivity index (χ0) is 20.4. The molecular weight excluding hydrogens is 403 g/mol. The molecule has 0 atom stereocenters. The van der Waals surface area contributed by atoms with Crippen molar-refractivity contribution in [1.29, 1.82) is 0 Å². The lowest BCUT2D eigenvalue weighted by Crippen LogP contribution is -2.14. The minimum Gasteiger partial charge on any atom is -0.325 e. The summed E-state index contributed by atoms with van der Waals surface area (Å²) >= 11 is 1.15. The highest BCUT2D eigenvalue weighted by atomic mass is 32.2. The monoisotopic (exact) mass is 415 g/mol. The molecule has 0 saturated heterocycles. The van der Waals surface area contributed by atoms with Crippen molar-refractivity contribution in [3.05, 3.63) is 72.0 Å². The van der Waals surface area contributed by atoms with Crippen molar-refractivity contribution in [1.82, 2.24) is 19.8 Å². The fourth-order valence-corrected chi connectivity index (χ4v) is 3.19. The van der Waals surface area contributed by atoms with Crippen molar-refractivity contribution in [3.63, 3.8) is 0 Å². The number of carbonyl (C=O) groups is 1.